The second-order valence-corrected chi connectivity index (χ2v) is 8.32. The van der Waals surface area contributed by atoms with Crippen molar-refractivity contribution >= 4 is 0 Å². The van der Waals surface area contributed by atoms with E-state index in [1.165, 1.54) is 81.8 Å². The fourth-order valence-corrected chi connectivity index (χ4v) is 4.28. The van der Waals surface area contributed by atoms with Crippen LogP contribution in [0.2, 0.25) is 0 Å². The molecule has 1 aromatic heterocycles. The number of aryl methyl sites for hydroxylation is 1. The molecule has 0 saturated heterocycles. The van der Waals surface area contributed by atoms with E-state index in [2.05, 4.69) is 67.9 Å². The normalized spacial score (nSPS) is 11.1. The number of benzene rings is 1. The SMILES string of the molecule is CCCCCCCCCCCCc1c(CC)c(C)cc[n+]1Cc1ccccc1. The smallest absolute Gasteiger partial charge is 0.185 e. The van der Waals surface area contributed by atoms with Crippen LogP contribution in [0.25, 0.3) is 0 Å². The van der Waals surface area contributed by atoms with Crippen LogP contribution in [-0.2, 0) is 19.4 Å². The van der Waals surface area contributed by atoms with Crippen molar-refractivity contribution in [3.05, 3.63) is 65.0 Å². The predicted octanol–water partition coefficient (Wildman–Crippen LogP) is 7.36. The molecule has 2 aromatic rings. The summed E-state index contributed by atoms with van der Waals surface area (Å²) in [5.74, 6) is 0. The second kappa shape index (κ2) is 13.5. The number of rotatable bonds is 14. The fourth-order valence-electron chi connectivity index (χ4n) is 4.28. The number of nitrogens with zero attached hydrogens (tertiary/aromatic N) is 1. The Bertz CT molecular complexity index is 659. The molecule has 1 heterocycles. The lowest BCUT2D eigenvalue weighted by molar-refractivity contribution is -0.696. The van der Waals surface area contributed by atoms with Crippen molar-refractivity contribution in [1.82, 2.24) is 0 Å². The van der Waals surface area contributed by atoms with Crippen LogP contribution >= 0.6 is 0 Å². The van der Waals surface area contributed by atoms with Crippen LogP contribution in [0.4, 0.5) is 0 Å². The molecule has 0 amide bonds. The van der Waals surface area contributed by atoms with Gasteiger partial charge < -0.3 is 0 Å². The zero-order valence-electron chi connectivity index (χ0n) is 18.7. The van der Waals surface area contributed by atoms with E-state index < -0.39 is 0 Å². The van der Waals surface area contributed by atoms with Gasteiger partial charge in [-0.3, -0.25) is 0 Å². The van der Waals surface area contributed by atoms with E-state index in [1.54, 1.807) is 11.3 Å². The fraction of sp³-hybridized carbons (Fsp3) is 0.593. The van der Waals surface area contributed by atoms with Crippen molar-refractivity contribution in [3.8, 4) is 0 Å². The Morgan fingerprint density at radius 2 is 1.32 bits per heavy atom. The molecular formula is C27H42N+. The summed E-state index contributed by atoms with van der Waals surface area (Å²) in [6, 6.07) is 13.2. The van der Waals surface area contributed by atoms with Crippen LogP contribution in [0, 0.1) is 6.92 Å². The first-order valence-electron chi connectivity index (χ1n) is 11.8. The average molecular weight is 381 g/mol. The Morgan fingerprint density at radius 1 is 0.714 bits per heavy atom. The number of aromatic nitrogens is 1. The molecule has 154 valence electrons. The van der Waals surface area contributed by atoms with E-state index in [0.717, 1.165) is 13.0 Å². The molecule has 0 saturated carbocycles. The molecule has 0 spiro atoms. The van der Waals surface area contributed by atoms with E-state index in [1.807, 2.05) is 0 Å². The molecule has 0 aliphatic carbocycles. The molecular weight excluding hydrogens is 338 g/mol. The summed E-state index contributed by atoms with van der Waals surface area (Å²) < 4.78 is 2.49. The third-order valence-electron chi connectivity index (χ3n) is 5.99. The molecule has 0 aliphatic heterocycles. The van der Waals surface area contributed by atoms with Gasteiger partial charge in [0.05, 0.1) is 0 Å². The van der Waals surface area contributed by atoms with Gasteiger partial charge >= 0.3 is 0 Å². The first-order chi connectivity index (χ1) is 13.8. The lowest BCUT2D eigenvalue weighted by atomic mass is 9.99. The molecule has 0 unspecified atom stereocenters. The van der Waals surface area contributed by atoms with E-state index in [0.29, 0.717) is 0 Å². The molecule has 0 atom stereocenters. The van der Waals surface area contributed by atoms with Crippen molar-refractivity contribution in [1.29, 1.82) is 0 Å². The Labute approximate surface area is 174 Å². The van der Waals surface area contributed by atoms with Crippen LogP contribution in [-0.4, -0.2) is 0 Å². The third kappa shape index (κ3) is 7.78. The van der Waals surface area contributed by atoms with E-state index in [9.17, 15) is 0 Å². The van der Waals surface area contributed by atoms with Gasteiger partial charge in [-0.05, 0) is 25.3 Å². The van der Waals surface area contributed by atoms with Gasteiger partial charge in [0, 0.05) is 23.6 Å². The molecule has 0 N–H and O–H groups in total. The highest BCUT2D eigenvalue weighted by atomic mass is 15.0. The van der Waals surface area contributed by atoms with Gasteiger partial charge in [0.25, 0.3) is 0 Å². The maximum absolute atomic E-state index is 2.49. The highest BCUT2D eigenvalue weighted by molar-refractivity contribution is 5.26. The van der Waals surface area contributed by atoms with Gasteiger partial charge in [0.1, 0.15) is 0 Å². The quantitative estimate of drug-likeness (QED) is 0.238. The highest BCUT2D eigenvalue weighted by Crippen LogP contribution is 2.16. The number of unbranched alkanes of at least 4 members (excludes halogenated alkanes) is 9. The summed E-state index contributed by atoms with van der Waals surface area (Å²) in [5, 5.41) is 0. The Hall–Kier alpha value is -1.63. The van der Waals surface area contributed by atoms with Crippen LogP contribution < -0.4 is 4.57 Å². The minimum absolute atomic E-state index is 0.987. The number of hydrogen-bond donors (Lipinski definition) is 0. The third-order valence-corrected chi connectivity index (χ3v) is 5.99. The molecule has 28 heavy (non-hydrogen) atoms. The molecule has 2 rings (SSSR count). The minimum Gasteiger partial charge on any atom is -0.198 e. The van der Waals surface area contributed by atoms with Crippen LogP contribution in [0.1, 0.15) is 100 Å². The van der Waals surface area contributed by atoms with Crippen molar-refractivity contribution in [3.63, 3.8) is 0 Å². The van der Waals surface area contributed by atoms with Crippen molar-refractivity contribution in [2.24, 2.45) is 0 Å². The molecule has 0 aliphatic rings. The van der Waals surface area contributed by atoms with Gasteiger partial charge in [0.15, 0.2) is 18.4 Å². The first-order valence-corrected chi connectivity index (χ1v) is 11.8. The Balaban J connectivity index is 1.83. The van der Waals surface area contributed by atoms with Crippen LogP contribution in [0.5, 0.6) is 0 Å². The van der Waals surface area contributed by atoms with E-state index >= 15 is 0 Å². The molecule has 1 nitrogen and oxygen atoms in total. The minimum atomic E-state index is 0.987. The lowest BCUT2D eigenvalue weighted by Gasteiger charge is -2.11. The average Bonchev–Trinajstić information content (AvgIpc) is 2.72. The molecule has 1 aromatic carbocycles. The first kappa shape index (κ1) is 22.7. The standard InChI is InChI=1S/C27H42N/c1-4-6-7-8-9-10-11-12-13-17-20-27-26(5-2)24(3)21-22-28(27)23-25-18-15-14-16-19-25/h14-16,18-19,21-22H,4-13,17,20,23H2,1-3H3/q+1. The summed E-state index contributed by atoms with van der Waals surface area (Å²) in [6.45, 7) is 7.86. The largest absolute Gasteiger partial charge is 0.198 e. The molecule has 0 fully saturated rings. The second-order valence-electron chi connectivity index (χ2n) is 8.32. The summed E-state index contributed by atoms with van der Waals surface area (Å²) in [6.07, 6.45) is 18.7. The topological polar surface area (TPSA) is 3.88 Å². The summed E-state index contributed by atoms with van der Waals surface area (Å²) in [7, 11) is 0. The zero-order valence-corrected chi connectivity index (χ0v) is 18.7. The van der Waals surface area contributed by atoms with Gasteiger partial charge in [-0.2, -0.15) is 4.57 Å². The molecule has 1 heteroatoms. The maximum atomic E-state index is 2.49. The Kier molecular flexibility index (Phi) is 10.9. The highest BCUT2D eigenvalue weighted by Gasteiger charge is 2.17. The van der Waals surface area contributed by atoms with Gasteiger partial charge in [-0.15, -0.1) is 0 Å². The number of pyridine rings is 1. The summed E-state index contributed by atoms with van der Waals surface area (Å²) in [4.78, 5) is 0. The molecule has 0 radical (unpaired) electrons. The van der Waals surface area contributed by atoms with Gasteiger partial charge in [-0.25, -0.2) is 0 Å². The van der Waals surface area contributed by atoms with Crippen molar-refractivity contribution < 1.29 is 4.57 Å². The van der Waals surface area contributed by atoms with Gasteiger partial charge in [0.2, 0.25) is 0 Å². The van der Waals surface area contributed by atoms with Crippen molar-refractivity contribution in [2.45, 2.75) is 104 Å². The summed E-state index contributed by atoms with van der Waals surface area (Å²) >= 11 is 0. The van der Waals surface area contributed by atoms with Gasteiger partial charge in [-0.1, -0.05) is 102 Å². The van der Waals surface area contributed by atoms with Crippen LogP contribution in [0.15, 0.2) is 42.6 Å². The zero-order chi connectivity index (χ0) is 20.0. The summed E-state index contributed by atoms with van der Waals surface area (Å²) in [5.41, 5.74) is 5.97. The van der Waals surface area contributed by atoms with E-state index in [-0.39, 0.29) is 0 Å². The van der Waals surface area contributed by atoms with Crippen molar-refractivity contribution in [2.75, 3.05) is 0 Å². The van der Waals surface area contributed by atoms with Crippen LogP contribution in [0.3, 0.4) is 0 Å². The maximum Gasteiger partial charge on any atom is 0.185 e. The van der Waals surface area contributed by atoms with E-state index in [4.69, 9.17) is 0 Å². The molecule has 0 bridgehead atoms. The predicted molar refractivity (Wildman–Crippen MR) is 122 cm³/mol. The lowest BCUT2D eigenvalue weighted by Crippen LogP contribution is -2.40. The monoisotopic (exact) mass is 380 g/mol. The number of hydrogen-bond acceptors (Lipinski definition) is 0. The Morgan fingerprint density at radius 3 is 1.93 bits per heavy atom.